The monoisotopic (exact) mass is 225 g/mol. The minimum atomic E-state index is -0.817. The summed E-state index contributed by atoms with van der Waals surface area (Å²) < 4.78 is 1.72. The number of rotatable bonds is 5. The van der Waals surface area contributed by atoms with Crippen LogP contribution in [0.25, 0.3) is 0 Å². The van der Waals surface area contributed by atoms with Crippen LogP contribution in [0, 0.1) is 5.41 Å². The number of carboxylic acids is 1. The smallest absolute Gasteiger partial charge is 0.310 e. The van der Waals surface area contributed by atoms with Crippen LogP contribution < -0.4 is 0 Å². The van der Waals surface area contributed by atoms with Crippen molar-refractivity contribution in [1.29, 1.82) is 0 Å². The standard InChI is InChI=1S/C11H19N3O2/c1-5-8-12-9(6-2)14(13-8)7-11(3,4)10(15)16/h5-7H2,1-4H3,(H,15,16). The second kappa shape index (κ2) is 4.63. The van der Waals surface area contributed by atoms with Gasteiger partial charge in [-0.25, -0.2) is 9.67 Å². The fourth-order valence-electron chi connectivity index (χ4n) is 1.41. The average molecular weight is 225 g/mol. The average Bonchev–Trinajstić information content (AvgIpc) is 2.59. The molecule has 0 aliphatic carbocycles. The zero-order valence-electron chi connectivity index (χ0n) is 10.3. The van der Waals surface area contributed by atoms with Crippen molar-refractivity contribution in [3.05, 3.63) is 11.6 Å². The summed E-state index contributed by atoms with van der Waals surface area (Å²) in [7, 11) is 0. The molecule has 1 aromatic rings. The molecule has 0 amide bonds. The first-order valence-electron chi connectivity index (χ1n) is 5.56. The highest BCUT2D eigenvalue weighted by Crippen LogP contribution is 2.19. The maximum atomic E-state index is 11.0. The highest BCUT2D eigenvalue weighted by atomic mass is 16.4. The molecule has 1 N–H and O–H groups in total. The molecule has 1 heterocycles. The number of aliphatic carboxylic acids is 1. The van der Waals surface area contributed by atoms with Gasteiger partial charge < -0.3 is 5.11 Å². The van der Waals surface area contributed by atoms with Gasteiger partial charge in [0.15, 0.2) is 5.82 Å². The van der Waals surface area contributed by atoms with Crippen LogP contribution in [0.3, 0.4) is 0 Å². The minimum absolute atomic E-state index is 0.360. The lowest BCUT2D eigenvalue weighted by atomic mass is 9.94. The molecule has 0 aliphatic heterocycles. The molecule has 16 heavy (non-hydrogen) atoms. The van der Waals surface area contributed by atoms with Crippen LogP contribution in [0.4, 0.5) is 0 Å². The lowest BCUT2D eigenvalue weighted by Crippen LogP contribution is -2.30. The molecule has 0 aromatic carbocycles. The van der Waals surface area contributed by atoms with Gasteiger partial charge in [-0.3, -0.25) is 4.79 Å². The Kier molecular flexibility index (Phi) is 3.67. The Bertz CT molecular complexity index is 383. The third-order valence-corrected chi connectivity index (χ3v) is 2.55. The number of aromatic nitrogens is 3. The third kappa shape index (κ3) is 2.59. The zero-order chi connectivity index (χ0) is 12.3. The van der Waals surface area contributed by atoms with E-state index in [9.17, 15) is 4.79 Å². The van der Waals surface area contributed by atoms with Crippen LogP contribution in [0.1, 0.15) is 39.3 Å². The lowest BCUT2D eigenvalue weighted by molar-refractivity contribution is -0.147. The largest absolute Gasteiger partial charge is 0.481 e. The number of carbonyl (C=O) groups is 1. The molecule has 0 atom stereocenters. The molecule has 0 spiro atoms. The van der Waals surface area contributed by atoms with Crippen molar-refractivity contribution in [2.45, 2.75) is 47.1 Å². The van der Waals surface area contributed by atoms with Gasteiger partial charge in [0.2, 0.25) is 0 Å². The van der Waals surface area contributed by atoms with Crippen LogP contribution >= 0.6 is 0 Å². The number of hydrogen-bond donors (Lipinski definition) is 1. The summed E-state index contributed by atoms with van der Waals surface area (Å²) in [5, 5.41) is 13.4. The molecule has 5 heteroatoms. The quantitative estimate of drug-likeness (QED) is 0.824. The fourth-order valence-corrected chi connectivity index (χ4v) is 1.41. The van der Waals surface area contributed by atoms with E-state index >= 15 is 0 Å². The van der Waals surface area contributed by atoms with E-state index < -0.39 is 11.4 Å². The van der Waals surface area contributed by atoms with Crippen molar-refractivity contribution in [2.75, 3.05) is 0 Å². The Labute approximate surface area is 95.5 Å². The normalized spacial score (nSPS) is 11.8. The molecule has 0 saturated heterocycles. The van der Waals surface area contributed by atoms with Gasteiger partial charge in [-0.15, -0.1) is 0 Å². The highest BCUT2D eigenvalue weighted by Gasteiger charge is 2.29. The summed E-state index contributed by atoms with van der Waals surface area (Å²) in [4.78, 5) is 15.4. The Morgan fingerprint density at radius 3 is 2.44 bits per heavy atom. The second-order valence-electron chi connectivity index (χ2n) is 4.50. The van der Waals surface area contributed by atoms with E-state index in [1.165, 1.54) is 0 Å². The van der Waals surface area contributed by atoms with Gasteiger partial charge in [-0.1, -0.05) is 13.8 Å². The van der Waals surface area contributed by atoms with Crippen molar-refractivity contribution in [1.82, 2.24) is 14.8 Å². The molecule has 0 saturated carbocycles. The molecule has 0 radical (unpaired) electrons. The van der Waals surface area contributed by atoms with Gasteiger partial charge in [-0.05, 0) is 13.8 Å². The molecule has 5 nitrogen and oxygen atoms in total. The lowest BCUT2D eigenvalue weighted by Gasteiger charge is -2.19. The van der Waals surface area contributed by atoms with Crippen molar-refractivity contribution in [3.63, 3.8) is 0 Å². The maximum Gasteiger partial charge on any atom is 0.310 e. The van der Waals surface area contributed by atoms with E-state index in [0.29, 0.717) is 6.54 Å². The summed E-state index contributed by atoms with van der Waals surface area (Å²) in [5.74, 6) is 0.812. The Morgan fingerprint density at radius 1 is 1.38 bits per heavy atom. The zero-order valence-corrected chi connectivity index (χ0v) is 10.3. The second-order valence-corrected chi connectivity index (χ2v) is 4.50. The SMILES string of the molecule is CCc1nc(CC)n(CC(C)(C)C(=O)O)n1. The summed E-state index contributed by atoms with van der Waals surface area (Å²) in [6, 6.07) is 0. The third-order valence-electron chi connectivity index (χ3n) is 2.55. The van der Waals surface area contributed by atoms with E-state index in [0.717, 1.165) is 24.5 Å². The summed E-state index contributed by atoms with van der Waals surface area (Å²) in [6.45, 7) is 7.73. The van der Waals surface area contributed by atoms with Gasteiger partial charge in [-0.2, -0.15) is 5.10 Å². The molecule has 1 rings (SSSR count). The van der Waals surface area contributed by atoms with E-state index in [4.69, 9.17) is 5.11 Å². The predicted octanol–water partition coefficient (Wildman–Crippen LogP) is 1.51. The number of nitrogens with zero attached hydrogens (tertiary/aromatic N) is 3. The molecule has 1 aromatic heterocycles. The summed E-state index contributed by atoms with van der Waals surface area (Å²) in [6.07, 6.45) is 1.54. The number of carboxylic acid groups (broad SMARTS) is 1. The Morgan fingerprint density at radius 2 is 2.00 bits per heavy atom. The molecule has 0 aliphatic rings. The van der Waals surface area contributed by atoms with Crippen LogP contribution in [-0.4, -0.2) is 25.8 Å². The van der Waals surface area contributed by atoms with Gasteiger partial charge >= 0.3 is 5.97 Å². The molecule has 0 fully saturated rings. The summed E-state index contributed by atoms with van der Waals surface area (Å²) in [5.41, 5.74) is -0.817. The van der Waals surface area contributed by atoms with Crippen molar-refractivity contribution < 1.29 is 9.90 Å². The molecular formula is C11H19N3O2. The van der Waals surface area contributed by atoms with E-state index in [1.807, 2.05) is 13.8 Å². The van der Waals surface area contributed by atoms with Gasteiger partial charge in [0, 0.05) is 12.8 Å². The fraction of sp³-hybridized carbons (Fsp3) is 0.727. The molecule has 0 unspecified atom stereocenters. The van der Waals surface area contributed by atoms with E-state index in [2.05, 4.69) is 10.1 Å². The first-order chi connectivity index (χ1) is 7.40. The van der Waals surface area contributed by atoms with Crippen molar-refractivity contribution in [2.24, 2.45) is 5.41 Å². The van der Waals surface area contributed by atoms with Crippen LogP contribution in [0.15, 0.2) is 0 Å². The number of hydrogen-bond acceptors (Lipinski definition) is 3. The van der Waals surface area contributed by atoms with Crippen LogP contribution in [-0.2, 0) is 24.2 Å². The summed E-state index contributed by atoms with van der Waals surface area (Å²) >= 11 is 0. The Balaban J connectivity index is 2.95. The first kappa shape index (κ1) is 12.7. The first-order valence-corrected chi connectivity index (χ1v) is 5.56. The maximum absolute atomic E-state index is 11.0. The Hall–Kier alpha value is -1.39. The minimum Gasteiger partial charge on any atom is -0.481 e. The number of aryl methyl sites for hydroxylation is 2. The van der Waals surface area contributed by atoms with E-state index in [1.54, 1.807) is 18.5 Å². The van der Waals surface area contributed by atoms with Gasteiger partial charge in [0.25, 0.3) is 0 Å². The molecular weight excluding hydrogens is 206 g/mol. The van der Waals surface area contributed by atoms with Crippen LogP contribution in [0.5, 0.6) is 0 Å². The topological polar surface area (TPSA) is 68.0 Å². The van der Waals surface area contributed by atoms with E-state index in [-0.39, 0.29) is 0 Å². The van der Waals surface area contributed by atoms with Gasteiger partial charge in [0.1, 0.15) is 5.82 Å². The van der Waals surface area contributed by atoms with Gasteiger partial charge in [0.05, 0.1) is 12.0 Å². The predicted molar refractivity (Wildman–Crippen MR) is 60.2 cm³/mol. The molecule has 90 valence electrons. The van der Waals surface area contributed by atoms with Crippen molar-refractivity contribution >= 4 is 5.97 Å². The highest BCUT2D eigenvalue weighted by molar-refractivity contribution is 5.73. The van der Waals surface area contributed by atoms with Crippen molar-refractivity contribution in [3.8, 4) is 0 Å². The molecule has 0 bridgehead atoms. The van der Waals surface area contributed by atoms with Crippen LogP contribution in [0.2, 0.25) is 0 Å².